The lowest BCUT2D eigenvalue weighted by Gasteiger charge is -2.08. The van der Waals surface area contributed by atoms with Crippen LogP contribution in [0.2, 0.25) is 0 Å². The SMILES string of the molecule is O=c1cc(-c2ccc(N(O)O)cc2)[nH]n1-c1ccccc1Br. The molecule has 0 amide bonds. The van der Waals surface area contributed by atoms with Crippen LogP contribution in [-0.4, -0.2) is 20.2 Å². The first kappa shape index (κ1) is 14.6. The van der Waals surface area contributed by atoms with Crippen LogP contribution in [-0.2, 0) is 0 Å². The molecule has 6 nitrogen and oxygen atoms in total. The molecule has 0 unspecified atom stereocenters. The smallest absolute Gasteiger partial charge is 0.271 e. The van der Waals surface area contributed by atoms with Crippen molar-refractivity contribution in [2.45, 2.75) is 0 Å². The number of nitrogens with zero attached hydrogens (tertiary/aromatic N) is 2. The maximum Gasteiger partial charge on any atom is 0.271 e. The van der Waals surface area contributed by atoms with E-state index in [2.05, 4.69) is 21.0 Å². The minimum Gasteiger partial charge on any atom is -0.290 e. The lowest BCUT2D eigenvalue weighted by Crippen LogP contribution is -2.13. The first-order valence-corrected chi connectivity index (χ1v) is 7.21. The van der Waals surface area contributed by atoms with Crippen molar-refractivity contribution in [1.82, 2.24) is 9.78 Å². The number of benzene rings is 2. The van der Waals surface area contributed by atoms with Gasteiger partial charge < -0.3 is 0 Å². The predicted molar refractivity (Wildman–Crippen MR) is 85.6 cm³/mol. The molecule has 0 aliphatic heterocycles. The normalized spacial score (nSPS) is 10.7. The molecule has 0 saturated carbocycles. The van der Waals surface area contributed by atoms with Gasteiger partial charge in [0, 0.05) is 10.5 Å². The van der Waals surface area contributed by atoms with E-state index in [0.717, 1.165) is 10.0 Å². The Kier molecular flexibility index (Phi) is 3.84. The van der Waals surface area contributed by atoms with Crippen molar-refractivity contribution < 1.29 is 10.4 Å². The average Bonchev–Trinajstić information content (AvgIpc) is 2.90. The van der Waals surface area contributed by atoms with Crippen molar-refractivity contribution in [3.63, 3.8) is 0 Å². The molecule has 0 bridgehead atoms. The van der Waals surface area contributed by atoms with Crippen LogP contribution in [0.15, 0.2) is 63.9 Å². The van der Waals surface area contributed by atoms with Gasteiger partial charge in [-0.05, 0) is 45.8 Å². The quantitative estimate of drug-likeness (QED) is 0.625. The summed E-state index contributed by atoms with van der Waals surface area (Å²) in [6.45, 7) is 0. The van der Waals surface area contributed by atoms with Gasteiger partial charge in [-0.15, -0.1) is 5.23 Å². The van der Waals surface area contributed by atoms with E-state index in [-0.39, 0.29) is 16.5 Å². The molecule has 0 saturated heterocycles. The molecular formula is C15H12BrN3O3. The fraction of sp³-hybridized carbons (Fsp3) is 0. The summed E-state index contributed by atoms with van der Waals surface area (Å²) >= 11 is 3.42. The van der Waals surface area contributed by atoms with Crippen LogP contribution in [0.1, 0.15) is 0 Å². The van der Waals surface area contributed by atoms with E-state index in [1.807, 2.05) is 24.3 Å². The molecule has 3 N–H and O–H groups in total. The minimum atomic E-state index is -0.183. The van der Waals surface area contributed by atoms with Crippen molar-refractivity contribution in [3.05, 3.63) is 69.4 Å². The first-order chi connectivity index (χ1) is 10.6. The van der Waals surface area contributed by atoms with E-state index >= 15 is 0 Å². The van der Waals surface area contributed by atoms with Crippen molar-refractivity contribution in [2.24, 2.45) is 0 Å². The zero-order valence-corrected chi connectivity index (χ0v) is 12.9. The zero-order valence-electron chi connectivity index (χ0n) is 11.3. The number of H-pyrrole nitrogens is 1. The average molecular weight is 362 g/mol. The van der Waals surface area contributed by atoms with Gasteiger partial charge in [0.25, 0.3) is 5.56 Å². The molecule has 3 aromatic rings. The molecule has 0 aliphatic rings. The Hall–Kier alpha value is -2.35. The number of hydrogen-bond donors (Lipinski definition) is 3. The summed E-state index contributed by atoms with van der Waals surface area (Å²) in [5.41, 5.74) is 2.16. The highest BCUT2D eigenvalue weighted by Crippen LogP contribution is 2.22. The van der Waals surface area contributed by atoms with Gasteiger partial charge in [-0.1, -0.05) is 24.3 Å². The van der Waals surface area contributed by atoms with E-state index in [1.165, 1.54) is 22.9 Å². The van der Waals surface area contributed by atoms with Crippen molar-refractivity contribution in [1.29, 1.82) is 0 Å². The number of aromatic amines is 1. The third kappa shape index (κ3) is 2.69. The Balaban J connectivity index is 2.02. The Morgan fingerprint density at radius 3 is 2.36 bits per heavy atom. The molecule has 0 fully saturated rings. The van der Waals surface area contributed by atoms with E-state index in [1.54, 1.807) is 12.1 Å². The summed E-state index contributed by atoms with van der Waals surface area (Å²) < 4.78 is 2.25. The highest BCUT2D eigenvalue weighted by molar-refractivity contribution is 9.10. The summed E-state index contributed by atoms with van der Waals surface area (Å²) in [5.74, 6) is 0. The molecule has 1 heterocycles. The maximum atomic E-state index is 12.2. The number of para-hydroxylation sites is 1. The maximum absolute atomic E-state index is 12.2. The molecule has 0 atom stereocenters. The number of nitrogens with one attached hydrogen (secondary N) is 1. The summed E-state index contributed by atoms with van der Waals surface area (Å²) in [7, 11) is 0. The number of anilines is 1. The fourth-order valence-electron chi connectivity index (χ4n) is 2.13. The molecule has 7 heteroatoms. The minimum absolute atomic E-state index is 0.0405. The number of rotatable bonds is 3. The molecule has 3 rings (SSSR count). The van der Waals surface area contributed by atoms with Crippen LogP contribution in [0.5, 0.6) is 0 Å². The molecule has 0 radical (unpaired) electrons. The molecule has 0 spiro atoms. The van der Waals surface area contributed by atoms with E-state index < -0.39 is 0 Å². The van der Waals surface area contributed by atoms with E-state index in [4.69, 9.17) is 10.4 Å². The highest BCUT2D eigenvalue weighted by Gasteiger charge is 2.09. The van der Waals surface area contributed by atoms with Crippen LogP contribution in [0.25, 0.3) is 16.9 Å². The summed E-state index contributed by atoms with van der Waals surface area (Å²) in [6, 6.07) is 15.3. The first-order valence-electron chi connectivity index (χ1n) is 6.41. The van der Waals surface area contributed by atoms with Gasteiger partial charge in [-0.3, -0.25) is 20.3 Å². The van der Waals surface area contributed by atoms with Gasteiger partial charge in [0.05, 0.1) is 17.1 Å². The lowest BCUT2D eigenvalue weighted by molar-refractivity contribution is 0.0292. The van der Waals surface area contributed by atoms with Gasteiger partial charge >= 0.3 is 0 Å². The molecular weight excluding hydrogens is 350 g/mol. The lowest BCUT2D eigenvalue weighted by atomic mass is 10.1. The second-order valence-corrected chi connectivity index (χ2v) is 5.49. The summed E-state index contributed by atoms with van der Waals surface area (Å²) in [5, 5.41) is 20.9. The largest absolute Gasteiger partial charge is 0.290 e. The van der Waals surface area contributed by atoms with E-state index in [9.17, 15) is 4.79 Å². The second-order valence-electron chi connectivity index (χ2n) is 4.63. The third-order valence-electron chi connectivity index (χ3n) is 3.22. The standard InChI is InChI=1S/C15H12BrN3O3/c16-12-3-1-2-4-14(12)18-15(20)9-13(17-18)10-5-7-11(8-6-10)19(21)22/h1-9,17,21-22H. The zero-order chi connectivity index (χ0) is 15.7. The molecule has 1 aromatic heterocycles. The van der Waals surface area contributed by atoms with Gasteiger partial charge in [0.15, 0.2) is 0 Å². The Labute approximate surface area is 133 Å². The summed E-state index contributed by atoms with van der Waals surface area (Å²) in [6.07, 6.45) is 0. The van der Waals surface area contributed by atoms with Crippen LogP contribution >= 0.6 is 15.9 Å². The number of halogens is 1. The molecule has 0 aliphatic carbocycles. The second kappa shape index (κ2) is 5.80. The Bertz CT molecular complexity index is 853. The van der Waals surface area contributed by atoms with Gasteiger partial charge in [-0.25, -0.2) is 4.68 Å². The molecule has 112 valence electrons. The van der Waals surface area contributed by atoms with Gasteiger partial charge in [0.1, 0.15) is 0 Å². The molecule has 22 heavy (non-hydrogen) atoms. The van der Waals surface area contributed by atoms with Crippen LogP contribution in [0, 0.1) is 0 Å². The number of hydrogen-bond acceptors (Lipinski definition) is 4. The Morgan fingerprint density at radius 1 is 1.05 bits per heavy atom. The Morgan fingerprint density at radius 2 is 1.73 bits per heavy atom. The number of aromatic nitrogens is 2. The predicted octanol–water partition coefficient (Wildman–Crippen LogP) is 3.18. The highest BCUT2D eigenvalue weighted by atomic mass is 79.9. The fourth-order valence-corrected chi connectivity index (χ4v) is 2.59. The van der Waals surface area contributed by atoms with Crippen molar-refractivity contribution in [2.75, 3.05) is 5.23 Å². The van der Waals surface area contributed by atoms with E-state index in [0.29, 0.717) is 11.4 Å². The summed E-state index contributed by atoms with van der Waals surface area (Å²) in [4.78, 5) is 12.2. The topological polar surface area (TPSA) is 81.5 Å². The third-order valence-corrected chi connectivity index (χ3v) is 3.89. The van der Waals surface area contributed by atoms with Gasteiger partial charge in [0.2, 0.25) is 0 Å². The van der Waals surface area contributed by atoms with Crippen LogP contribution in [0.4, 0.5) is 5.69 Å². The van der Waals surface area contributed by atoms with Crippen LogP contribution < -0.4 is 10.8 Å². The monoisotopic (exact) mass is 361 g/mol. The van der Waals surface area contributed by atoms with Crippen LogP contribution in [0.3, 0.4) is 0 Å². The van der Waals surface area contributed by atoms with Crippen molar-refractivity contribution >= 4 is 21.6 Å². The van der Waals surface area contributed by atoms with Gasteiger partial charge in [-0.2, -0.15) is 0 Å². The molecule has 2 aromatic carbocycles. The van der Waals surface area contributed by atoms with Crippen molar-refractivity contribution in [3.8, 4) is 16.9 Å².